The summed E-state index contributed by atoms with van der Waals surface area (Å²) < 4.78 is 31.8. The maximum absolute atomic E-state index is 12.1. The lowest BCUT2D eigenvalue weighted by atomic mass is 10.2. The average Bonchev–Trinajstić information content (AvgIpc) is 2.62. The van der Waals surface area contributed by atoms with Gasteiger partial charge in [-0.3, -0.25) is 0 Å². The zero-order chi connectivity index (χ0) is 18.3. The van der Waals surface area contributed by atoms with E-state index in [0.717, 1.165) is 12.0 Å². The van der Waals surface area contributed by atoms with E-state index >= 15 is 0 Å². The number of aromatic hydroxyl groups is 1. The number of nitrogens with one attached hydrogen (secondary N) is 1. The monoisotopic (exact) mass is 363 g/mol. The molecule has 0 heterocycles. The molecule has 134 valence electrons. The number of benzene rings is 2. The van der Waals surface area contributed by atoms with Gasteiger partial charge in [-0.25, -0.2) is 17.9 Å². The standard InChI is InChI=1S/C18H21NO5S/c1-2-14-4-10-17(11-5-14)25(22,23)19-12-3-13-24-18(21)15-6-8-16(20)9-7-15/h4-11,19-20H,2-3,12-13H2,1H3. The number of rotatable bonds is 8. The highest BCUT2D eigenvalue weighted by molar-refractivity contribution is 7.89. The van der Waals surface area contributed by atoms with Gasteiger partial charge in [-0.05, 0) is 54.8 Å². The Hall–Kier alpha value is -2.38. The molecule has 0 aliphatic rings. The minimum absolute atomic E-state index is 0.0675. The van der Waals surface area contributed by atoms with Crippen LogP contribution in [0.5, 0.6) is 5.75 Å². The number of ether oxygens (including phenoxy) is 1. The van der Waals surface area contributed by atoms with Gasteiger partial charge in [0.2, 0.25) is 10.0 Å². The van der Waals surface area contributed by atoms with E-state index in [0.29, 0.717) is 12.0 Å². The topological polar surface area (TPSA) is 92.7 Å². The molecule has 0 fully saturated rings. The van der Waals surface area contributed by atoms with Crippen molar-refractivity contribution in [1.29, 1.82) is 0 Å². The van der Waals surface area contributed by atoms with Crippen LogP contribution in [0.2, 0.25) is 0 Å². The number of sulfonamides is 1. The van der Waals surface area contributed by atoms with Gasteiger partial charge >= 0.3 is 5.97 Å². The maximum Gasteiger partial charge on any atom is 0.338 e. The van der Waals surface area contributed by atoms with Crippen LogP contribution in [0, 0.1) is 0 Å². The molecule has 0 aliphatic carbocycles. The van der Waals surface area contributed by atoms with Gasteiger partial charge in [0.25, 0.3) is 0 Å². The van der Waals surface area contributed by atoms with Crippen LogP contribution in [0.4, 0.5) is 0 Å². The number of esters is 1. The first-order chi connectivity index (χ1) is 11.9. The number of hydrogen-bond acceptors (Lipinski definition) is 5. The zero-order valence-electron chi connectivity index (χ0n) is 13.9. The summed E-state index contributed by atoms with van der Waals surface area (Å²) in [5.74, 6) is -0.448. The van der Waals surface area contributed by atoms with Crippen molar-refractivity contribution in [1.82, 2.24) is 4.72 Å². The van der Waals surface area contributed by atoms with Gasteiger partial charge in [-0.1, -0.05) is 19.1 Å². The Morgan fingerprint density at radius 3 is 2.32 bits per heavy atom. The lowest BCUT2D eigenvalue weighted by Crippen LogP contribution is -2.25. The lowest BCUT2D eigenvalue weighted by molar-refractivity contribution is 0.0502. The molecule has 0 atom stereocenters. The van der Waals surface area contributed by atoms with Gasteiger partial charge in [-0.2, -0.15) is 0 Å². The van der Waals surface area contributed by atoms with Gasteiger partial charge < -0.3 is 9.84 Å². The van der Waals surface area contributed by atoms with Gasteiger partial charge in [0.1, 0.15) is 5.75 Å². The van der Waals surface area contributed by atoms with Crippen molar-refractivity contribution in [3.8, 4) is 5.75 Å². The smallest absolute Gasteiger partial charge is 0.338 e. The van der Waals surface area contributed by atoms with Crippen LogP contribution >= 0.6 is 0 Å². The molecule has 0 saturated heterocycles. The van der Waals surface area contributed by atoms with Crippen LogP contribution in [-0.2, 0) is 21.2 Å². The molecule has 0 bridgehead atoms. The minimum atomic E-state index is -3.56. The molecule has 2 aromatic carbocycles. The Balaban J connectivity index is 1.76. The predicted octanol–water partition coefficient (Wildman–Crippen LogP) is 2.48. The molecule has 0 aliphatic heterocycles. The van der Waals surface area contributed by atoms with Crippen LogP contribution in [0.3, 0.4) is 0 Å². The molecule has 2 aromatic rings. The van der Waals surface area contributed by atoms with Gasteiger partial charge in [0, 0.05) is 6.54 Å². The second-order valence-electron chi connectivity index (χ2n) is 5.43. The Kier molecular flexibility index (Phi) is 6.55. The predicted molar refractivity (Wildman–Crippen MR) is 94.0 cm³/mol. The molecule has 2 N–H and O–H groups in total. The third kappa shape index (κ3) is 5.58. The third-order valence-corrected chi connectivity index (χ3v) is 5.07. The minimum Gasteiger partial charge on any atom is -0.508 e. The Labute approximate surface area is 147 Å². The SMILES string of the molecule is CCc1ccc(S(=O)(=O)NCCCOC(=O)c2ccc(O)cc2)cc1. The molecular weight excluding hydrogens is 342 g/mol. The molecule has 0 radical (unpaired) electrons. The maximum atomic E-state index is 12.1. The molecule has 2 rings (SSSR count). The number of carbonyl (C=O) groups is 1. The summed E-state index contributed by atoms with van der Waals surface area (Å²) in [5, 5.41) is 9.17. The Bertz CT molecular complexity index is 798. The number of phenols is 1. The number of phenolic OH excluding ortho intramolecular Hbond substituents is 1. The van der Waals surface area contributed by atoms with E-state index in [1.807, 2.05) is 6.92 Å². The van der Waals surface area contributed by atoms with Gasteiger partial charge in [0.15, 0.2) is 0 Å². The highest BCUT2D eigenvalue weighted by Gasteiger charge is 2.13. The summed E-state index contributed by atoms with van der Waals surface area (Å²) in [6.07, 6.45) is 1.20. The fraction of sp³-hybridized carbons (Fsp3) is 0.278. The molecule has 0 aromatic heterocycles. The molecule has 0 amide bonds. The van der Waals surface area contributed by atoms with Crippen LogP contribution in [0.1, 0.15) is 29.3 Å². The fourth-order valence-electron chi connectivity index (χ4n) is 2.11. The van der Waals surface area contributed by atoms with E-state index in [1.165, 1.54) is 24.3 Å². The summed E-state index contributed by atoms with van der Waals surface area (Å²) in [4.78, 5) is 12.0. The van der Waals surface area contributed by atoms with E-state index in [-0.39, 0.29) is 23.8 Å². The summed E-state index contributed by atoms with van der Waals surface area (Å²) >= 11 is 0. The van der Waals surface area contributed by atoms with E-state index in [4.69, 9.17) is 9.84 Å². The molecule has 7 heteroatoms. The fourth-order valence-corrected chi connectivity index (χ4v) is 3.19. The van der Waals surface area contributed by atoms with Gasteiger partial charge in [-0.15, -0.1) is 0 Å². The van der Waals surface area contributed by atoms with Crippen molar-refractivity contribution in [3.05, 3.63) is 59.7 Å². The van der Waals surface area contributed by atoms with Crippen molar-refractivity contribution in [2.45, 2.75) is 24.7 Å². The molecule has 0 spiro atoms. The first kappa shape index (κ1) is 19.0. The van der Waals surface area contributed by atoms with Crippen LogP contribution in [0.15, 0.2) is 53.4 Å². The van der Waals surface area contributed by atoms with E-state index < -0.39 is 16.0 Å². The molecule has 25 heavy (non-hydrogen) atoms. The highest BCUT2D eigenvalue weighted by atomic mass is 32.2. The molecule has 0 unspecified atom stereocenters. The first-order valence-corrected chi connectivity index (χ1v) is 9.45. The number of hydrogen-bond donors (Lipinski definition) is 2. The van der Waals surface area contributed by atoms with Crippen LogP contribution in [0.25, 0.3) is 0 Å². The molecule has 6 nitrogen and oxygen atoms in total. The average molecular weight is 363 g/mol. The third-order valence-electron chi connectivity index (χ3n) is 3.59. The van der Waals surface area contributed by atoms with Crippen molar-refractivity contribution in [3.63, 3.8) is 0 Å². The van der Waals surface area contributed by atoms with Crippen molar-refractivity contribution < 1.29 is 23.1 Å². The zero-order valence-corrected chi connectivity index (χ0v) is 14.8. The molecule has 0 saturated carbocycles. The number of carbonyl (C=O) groups excluding carboxylic acids is 1. The van der Waals surface area contributed by atoms with Crippen LogP contribution < -0.4 is 4.72 Å². The normalized spacial score (nSPS) is 11.2. The van der Waals surface area contributed by atoms with Crippen molar-refractivity contribution in [2.75, 3.05) is 13.2 Å². The Morgan fingerprint density at radius 2 is 1.72 bits per heavy atom. The van der Waals surface area contributed by atoms with Crippen molar-refractivity contribution in [2.24, 2.45) is 0 Å². The largest absolute Gasteiger partial charge is 0.508 e. The van der Waals surface area contributed by atoms with Gasteiger partial charge in [0.05, 0.1) is 17.1 Å². The molecular formula is C18H21NO5S. The number of aryl methyl sites for hydroxylation is 1. The summed E-state index contributed by atoms with van der Waals surface area (Å²) in [5.41, 5.74) is 1.40. The second kappa shape index (κ2) is 8.64. The van der Waals surface area contributed by atoms with E-state index in [2.05, 4.69) is 4.72 Å². The Morgan fingerprint density at radius 1 is 1.08 bits per heavy atom. The van der Waals surface area contributed by atoms with Crippen molar-refractivity contribution >= 4 is 16.0 Å². The van der Waals surface area contributed by atoms with E-state index in [1.54, 1.807) is 24.3 Å². The first-order valence-electron chi connectivity index (χ1n) is 7.97. The highest BCUT2D eigenvalue weighted by Crippen LogP contribution is 2.12. The summed E-state index contributed by atoms with van der Waals surface area (Å²) in [7, 11) is -3.56. The second-order valence-corrected chi connectivity index (χ2v) is 7.20. The van der Waals surface area contributed by atoms with Crippen LogP contribution in [-0.4, -0.2) is 32.6 Å². The quantitative estimate of drug-likeness (QED) is 0.555. The van der Waals surface area contributed by atoms with E-state index in [9.17, 15) is 13.2 Å². The summed E-state index contributed by atoms with van der Waals surface area (Å²) in [6, 6.07) is 12.4. The summed E-state index contributed by atoms with van der Waals surface area (Å²) in [6.45, 7) is 2.26. The lowest BCUT2D eigenvalue weighted by Gasteiger charge is -2.08.